The molecule has 0 unspecified atom stereocenters. The van der Waals surface area contributed by atoms with Gasteiger partial charge in [-0.3, -0.25) is 0 Å². The number of hydrogen-bond acceptors (Lipinski definition) is 4. The second-order valence-electron chi connectivity index (χ2n) is 5.06. The van der Waals surface area contributed by atoms with Gasteiger partial charge >= 0.3 is 5.97 Å². The van der Waals surface area contributed by atoms with Crippen LogP contribution in [0.3, 0.4) is 0 Å². The van der Waals surface area contributed by atoms with Crippen LogP contribution in [0.4, 0.5) is 4.39 Å². The van der Waals surface area contributed by atoms with Gasteiger partial charge in [0.25, 0.3) is 0 Å². The monoisotopic (exact) mass is 316 g/mol. The zero-order valence-electron chi connectivity index (χ0n) is 11.5. The summed E-state index contributed by atoms with van der Waals surface area (Å²) in [5.41, 5.74) is -0.271. The van der Waals surface area contributed by atoms with Crippen LogP contribution in [0.15, 0.2) is 23.1 Å². The van der Waals surface area contributed by atoms with E-state index in [4.69, 9.17) is 5.11 Å². The van der Waals surface area contributed by atoms with E-state index in [0.29, 0.717) is 12.6 Å². The molecule has 0 aliphatic heterocycles. The number of nitrogens with zero attached hydrogens (tertiary/aromatic N) is 1. The highest BCUT2D eigenvalue weighted by Gasteiger charge is 2.26. The van der Waals surface area contributed by atoms with Crippen LogP contribution in [0.25, 0.3) is 0 Å². The lowest BCUT2D eigenvalue weighted by molar-refractivity contribution is 0.0696. The van der Waals surface area contributed by atoms with E-state index in [9.17, 15) is 17.6 Å². The van der Waals surface area contributed by atoms with Crippen molar-refractivity contribution in [2.24, 2.45) is 0 Å². The zero-order valence-corrected chi connectivity index (χ0v) is 12.4. The number of carbonyl (C=O) groups is 1. The fourth-order valence-corrected chi connectivity index (χ4v) is 3.10. The molecule has 0 spiro atoms. The van der Waals surface area contributed by atoms with Crippen molar-refractivity contribution in [3.05, 3.63) is 29.6 Å². The van der Waals surface area contributed by atoms with Crippen LogP contribution in [-0.4, -0.2) is 50.6 Å². The molecule has 0 bridgehead atoms. The van der Waals surface area contributed by atoms with Crippen molar-refractivity contribution in [1.29, 1.82) is 0 Å². The lowest BCUT2D eigenvalue weighted by Gasteiger charge is -2.16. The second kappa shape index (κ2) is 6.08. The molecule has 2 rings (SSSR count). The van der Waals surface area contributed by atoms with E-state index in [1.807, 2.05) is 11.9 Å². The van der Waals surface area contributed by atoms with Crippen molar-refractivity contribution in [3.63, 3.8) is 0 Å². The van der Waals surface area contributed by atoms with E-state index in [-0.39, 0.29) is 12.1 Å². The van der Waals surface area contributed by atoms with Crippen LogP contribution < -0.4 is 4.72 Å². The summed E-state index contributed by atoms with van der Waals surface area (Å²) in [7, 11) is -2.16. The fraction of sp³-hybridized carbons (Fsp3) is 0.462. The second-order valence-corrected chi connectivity index (χ2v) is 6.80. The Bertz CT molecular complexity index is 644. The predicted octanol–water partition coefficient (Wildman–Crippen LogP) is 0.896. The van der Waals surface area contributed by atoms with Crippen LogP contribution in [0.2, 0.25) is 0 Å². The Morgan fingerprint density at radius 1 is 1.48 bits per heavy atom. The highest BCUT2D eigenvalue weighted by atomic mass is 32.2. The molecule has 0 amide bonds. The lowest BCUT2D eigenvalue weighted by atomic mass is 10.2. The van der Waals surface area contributed by atoms with Gasteiger partial charge in [-0.15, -0.1) is 0 Å². The van der Waals surface area contributed by atoms with Gasteiger partial charge in [-0.25, -0.2) is 22.3 Å². The number of aromatic carboxylic acids is 1. The summed E-state index contributed by atoms with van der Waals surface area (Å²) in [5.74, 6) is -2.28. The average Bonchev–Trinajstić information content (AvgIpc) is 3.22. The molecule has 1 fully saturated rings. The Hall–Kier alpha value is -1.51. The van der Waals surface area contributed by atoms with E-state index in [1.165, 1.54) is 0 Å². The summed E-state index contributed by atoms with van der Waals surface area (Å²) in [5, 5.41) is 8.84. The van der Waals surface area contributed by atoms with Crippen molar-refractivity contribution in [3.8, 4) is 0 Å². The van der Waals surface area contributed by atoms with Crippen LogP contribution in [-0.2, 0) is 10.0 Å². The molecule has 0 heterocycles. The van der Waals surface area contributed by atoms with Crippen molar-refractivity contribution in [2.75, 3.05) is 20.1 Å². The first-order valence-corrected chi connectivity index (χ1v) is 8.02. The minimum atomic E-state index is -4.06. The quantitative estimate of drug-likeness (QED) is 0.780. The Morgan fingerprint density at radius 2 is 2.14 bits per heavy atom. The molecule has 0 radical (unpaired) electrons. The van der Waals surface area contributed by atoms with Crippen LogP contribution in [0, 0.1) is 5.82 Å². The van der Waals surface area contributed by atoms with E-state index in [2.05, 4.69) is 4.72 Å². The van der Waals surface area contributed by atoms with Gasteiger partial charge in [0.05, 0.1) is 5.56 Å². The van der Waals surface area contributed by atoms with Crippen LogP contribution in [0.5, 0.6) is 0 Å². The third-order valence-corrected chi connectivity index (χ3v) is 4.87. The zero-order chi connectivity index (χ0) is 15.6. The number of rotatable bonds is 7. The van der Waals surface area contributed by atoms with Crippen molar-refractivity contribution in [2.45, 2.75) is 23.8 Å². The van der Waals surface area contributed by atoms with E-state index in [1.54, 1.807) is 0 Å². The molecule has 0 saturated heterocycles. The number of nitrogens with one attached hydrogen (secondary N) is 1. The smallest absolute Gasteiger partial charge is 0.335 e. The van der Waals surface area contributed by atoms with E-state index < -0.39 is 26.7 Å². The number of carboxylic acids is 1. The molecular formula is C13H17FN2O4S. The van der Waals surface area contributed by atoms with Gasteiger partial charge in [0.1, 0.15) is 10.7 Å². The maximum absolute atomic E-state index is 13.6. The topological polar surface area (TPSA) is 86.7 Å². The highest BCUT2D eigenvalue weighted by molar-refractivity contribution is 7.89. The first-order chi connectivity index (χ1) is 9.81. The lowest BCUT2D eigenvalue weighted by Crippen LogP contribution is -2.34. The first kappa shape index (κ1) is 15.9. The molecule has 1 aromatic rings. The van der Waals surface area contributed by atoms with Gasteiger partial charge in [0, 0.05) is 19.1 Å². The van der Waals surface area contributed by atoms with Gasteiger partial charge < -0.3 is 10.0 Å². The summed E-state index contributed by atoms with van der Waals surface area (Å²) in [6.07, 6.45) is 2.22. The summed E-state index contributed by atoms with van der Waals surface area (Å²) in [6.45, 7) is 0.663. The molecule has 21 heavy (non-hydrogen) atoms. The number of halogens is 1. The third kappa shape index (κ3) is 3.99. The molecule has 1 saturated carbocycles. The summed E-state index contributed by atoms with van der Waals surface area (Å²) >= 11 is 0. The number of likely N-dealkylation sites (N-methyl/N-ethyl adjacent to an activating group) is 1. The maximum atomic E-state index is 13.6. The molecule has 1 aliphatic rings. The first-order valence-electron chi connectivity index (χ1n) is 6.54. The van der Waals surface area contributed by atoms with Crippen molar-refractivity contribution < 1.29 is 22.7 Å². The standard InChI is InChI=1S/C13H17FN2O4S/c1-16(10-3-4-10)7-6-15-21(19,20)12-8-9(13(17)18)2-5-11(12)14/h2,5,8,10,15H,3-4,6-7H2,1H3,(H,17,18). The fourth-order valence-electron chi connectivity index (χ4n) is 1.97. The van der Waals surface area contributed by atoms with Gasteiger partial charge in [0.15, 0.2) is 0 Å². The maximum Gasteiger partial charge on any atom is 0.335 e. The average molecular weight is 316 g/mol. The Labute approximate surface area is 122 Å². The predicted molar refractivity (Wildman–Crippen MR) is 74.2 cm³/mol. The summed E-state index contributed by atoms with van der Waals surface area (Å²) in [4.78, 5) is 12.2. The van der Waals surface area contributed by atoms with Crippen LogP contribution in [0.1, 0.15) is 23.2 Å². The van der Waals surface area contributed by atoms with Gasteiger partial charge in [-0.05, 0) is 38.1 Å². The molecule has 8 heteroatoms. The van der Waals surface area contributed by atoms with Gasteiger partial charge in [0.2, 0.25) is 10.0 Å². The summed E-state index contributed by atoms with van der Waals surface area (Å²) in [6, 6.07) is 3.19. The molecule has 0 aromatic heterocycles. The van der Waals surface area contributed by atoms with Crippen molar-refractivity contribution >= 4 is 16.0 Å². The minimum absolute atomic E-state index is 0.145. The number of benzene rings is 1. The normalized spacial score (nSPS) is 15.4. The highest BCUT2D eigenvalue weighted by Crippen LogP contribution is 2.24. The Balaban J connectivity index is 2.07. The molecule has 0 atom stereocenters. The Morgan fingerprint density at radius 3 is 2.71 bits per heavy atom. The SMILES string of the molecule is CN(CCNS(=O)(=O)c1cc(C(=O)O)ccc1F)C1CC1. The Kier molecular flexibility index (Phi) is 4.60. The molecule has 116 valence electrons. The van der Waals surface area contributed by atoms with Gasteiger partial charge in [-0.2, -0.15) is 0 Å². The third-order valence-electron chi connectivity index (χ3n) is 3.39. The summed E-state index contributed by atoms with van der Waals surface area (Å²) < 4.78 is 40.0. The van der Waals surface area contributed by atoms with E-state index in [0.717, 1.165) is 31.0 Å². The molecular weight excluding hydrogens is 299 g/mol. The number of carboxylic acid groups (broad SMARTS) is 1. The minimum Gasteiger partial charge on any atom is -0.478 e. The molecule has 6 nitrogen and oxygen atoms in total. The molecule has 1 aromatic carbocycles. The van der Waals surface area contributed by atoms with Crippen LogP contribution >= 0.6 is 0 Å². The molecule has 1 aliphatic carbocycles. The molecule has 2 N–H and O–H groups in total. The van der Waals surface area contributed by atoms with E-state index >= 15 is 0 Å². The van der Waals surface area contributed by atoms with Gasteiger partial charge in [-0.1, -0.05) is 0 Å². The largest absolute Gasteiger partial charge is 0.478 e. The number of sulfonamides is 1. The number of hydrogen-bond donors (Lipinski definition) is 2. The van der Waals surface area contributed by atoms with Crippen molar-refractivity contribution in [1.82, 2.24) is 9.62 Å².